The molecule has 0 saturated carbocycles. The lowest BCUT2D eigenvalue weighted by Crippen LogP contribution is -2.60. The highest BCUT2D eigenvalue weighted by Gasteiger charge is 2.52. The molecule has 4 atom stereocenters. The molecule has 4 rings (SSSR count). The molecule has 4 heterocycles. The van der Waals surface area contributed by atoms with Crippen LogP contribution in [0.3, 0.4) is 0 Å². The molecule has 174 valence electrons. The molecule has 4 heteroatoms. The van der Waals surface area contributed by atoms with Crippen LogP contribution in [0.15, 0.2) is 0 Å². The molecule has 4 fully saturated rings. The van der Waals surface area contributed by atoms with Crippen LogP contribution in [0, 0.1) is 0 Å². The molecule has 4 aliphatic rings. The largest absolute Gasteiger partial charge is 0.293 e. The van der Waals surface area contributed by atoms with E-state index >= 15 is 0 Å². The van der Waals surface area contributed by atoms with E-state index in [0.29, 0.717) is 22.2 Å². The second-order valence-electron chi connectivity index (χ2n) is 14.2. The number of rotatable bonds is 5. The summed E-state index contributed by atoms with van der Waals surface area (Å²) in [4.78, 5) is 11.3. The van der Waals surface area contributed by atoms with Crippen LogP contribution in [0.4, 0.5) is 0 Å². The molecule has 0 amide bonds. The van der Waals surface area contributed by atoms with Gasteiger partial charge in [-0.1, -0.05) is 0 Å². The molecule has 0 aromatic carbocycles. The van der Waals surface area contributed by atoms with Crippen molar-refractivity contribution in [1.29, 1.82) is 0 Å². The Bertz CT molecular complexity index is 584. The monoisotopic (exact) mass is 418 g/mol. The zero-order valence-corrected chi connectivity index (χ0v) is 21.8. The molecule has 0 aliphatic carbocycles. The Hall–Kier alpha value is -0.160. The second-order valence-corrected chi connectivity index (χ2v) is 14.2. The van der Waals surface area contributed by atoms with Gasteiger partial charge in [-0.2, -0.15) is 0 Å². The van der Waals surface area contributed by atoms with E-state index < -0.39 is 0 Å². The molecule has 0 aromatic rings. The number of hydrogen-bond acceptors (Lipinski definition) is 4. The number of hydrogen-bond donors (Lipinski definition) is 0. The van der Waals surface area contributed by atoms with Crippen molar-refractivity contribution in [2.75, 3.05) is 26.2 Å². The molecule has 4 aliphatic heterocycles. The van der Waals surface area contributed by atoms with Crippen molar-refractivity contribution < 1.29 is 0 Å². The van der Waals surface area contributed by atoms with Crippen LogP contribution >= 0.6 is 0 Å². The average Bonchev–Trinajstić information content (AvgIpc) is 3.36. The first-order valence-electron chi connectivity index (χ1n) is 12.7. The van der Waals surface area contributed by atoms with E-state index in [2.05, 4.69) is 88.8 Å². The SMILES string of the molecule is CC(C)(C)N1C[C@H]2C[C@@H]1CN2C(C)(C)CCC(C)(C)N1C[C@@H]2C[C@H]1CN2C(C)(C)C. The fourth-order valence-corrected chi connectivity index (χ4v) is 7.36. The first kappa shape index (κ1) is 23.0. The minimum absolute atomic E-state index is 0.302. The molecular weight excluding hydrogens is 368 g/mol. The summed E-state index contributed by atoms with van der Waals surface area (Å²) in [5.41, 5.74) is 1.23. The molecule has 0 N–H and O–H groups in total. The van der Waals surface area contributed by atoms with Crippen molar-refractivity contribution >= 4 is 0 Å². The molecule has 30 heavy (non-hydrogen) atoms. The highest BCUT2D eigenvalue weighted by Crippen LogP contribution is 2.43. The Kier molecular flexibility index (Phi) is 5.50. The average molecular weight is 419 g/mol. The van der Waals surface area contributed by atoms with E-state index in [9.17, 15) is 0 Å². The van der Waals surface area contributed by atoms with E-state index in [4.69, 9.17) is 0 Å². The summed E-state index contributed by atoms with van der Waals surface area (Å²) in [6.45, 7) is 29.4. The van der Waals surface area contributed by atoms with Gasteiger partial charge in [0.2, 0.25) is 0 Å². The van der Waals surface area contributed by atoms with Gasteiger partial charge in [-0.25, -0.2) is 0 Å². The fourth-order valence-electron chi connectivity index (χ4n) is 7.36. The maximum Gasteiger partial charge on any atom is 0.0244 e. The molecule has 0 unspecified atom stereocenters. The van der Waals surface area contributed by atoms with Gasteiger partial charge < -0.3 is 0 Å². The third kappa shape index (κ3) is 4.00. The van der Waals surface area contributed by atoms with Gasteiger partial charge in [0.1, 0.15) is 0 Å². The van der Waals surface area contributed by atoms with Gasteiger partial charge in [0.15, 0.2) is 0 Å². The predicted molar refractivity (Wildman–Crippen MR) is 128 cm³/mol. The van der Waals surface area contributed by atoms with E-state index in [-0.39, 0.29) is 0 Å². The number of fused-ring (bicyclic) bond motifs is 4. The minimum atomic E-state index is 0.302. The predicted octanol–water partition coefficient (Wildman–Crippen LogP) is 4.44. The lowest BCUT2D eigenvalue weighted by atomic mass is 9.86. The molecule has 4 bridgehead atoms. The van der Waals surface area contributed by atoms with Gasteiger partial charge in [-0.15, -0.1) is 0 Å². The van der Waals surface area contributed by atoms with Crippen molar-refractivity contribution in [2.24, 2.45) is 0 Å². The first-order chi connectivity index (χ1) is 13.6. The zero-order valence-electron chi connectivity index (χ0n) is 21.8. The van der Waals surface area contributed by atoms with E-state index in [0.717, 1.165) is 24.2 Å². The summed E-state index contributed by atoms with van der Waals surface area (Å²) < 4.78 is 0. The quantitative estimate of drug-likeness (QED) is 0.654. The summed E-state index contributed by atoms with van der Waals surface area (Å²) in [7, 11) is 0. The highest BCUT2D eigenvalue weighted by atomic mass is 15.4. The third-order valence-electron chi connectivity index (χ3n) is 9.11. The van der Waals surface area contributed by atoms with Gasteiger partial charge in [-0.05, 0) is 94.9 Å². The first-order valence-corrected chi connectivity index (χ1v) is 12.7. The Morgan fingerprint density at radius 1 is 0.467 bits per heavy atom. The van der Waals surface area contributed by atoms with Gasteiger partial charge in [0.05, 0.1) is 0 Å². The number of piperazine rings is 2. The molecule has 0 radical (unpaired) electrons. The smallest absolute Gasteiger partial charge is 0.0244 e. The maximum absolute atomic E-state index is 2.87. The molecule has 4 nitrogen and oxygen atoms in total. The van der Waals surface area contributed by atoms with Crippen LogP contribution in [-0.4, -0.2) is 92.1 Å². The molecular formula is C26H50N4. The van der Waals surface area contributed by atoms with Gasteiger partial charge in [0.25, 0.3) is 0 Å². The van der Waals surface area contributed by atoms with Crippen LogP contribution in [0.1, 0.15) is 94.9 Å². The van der Waals surface area contributed by atoms with Crippen LogP contribution in [0.25, 0.3) is 0 Å². The zero-order chi connectivity index (χ0) is 22.3. The van der Waals surface area contributed by atoms with Crippen molar-refractivity contribution in [1.82, 2.24) is 19.6 Å². The fraction of sp³-hybridized carbons (Fsp3) is 1.00. The normalized spacial score (nSPS) is 34.6. The van der Waals surface area contributed by atoms with Gasteiger partial charge in [0, 0.05) is 72.5 Å². The minimum Gasteiger partial charge on any atom is -0.293 e. The molecule has 4 saturated heterocycles. The van der Waals surface area contributed by atoms with Crippen LogP contribution in [0.2, 0.25) is 0 Å². The van der Waals surface area contributed by atoms with E-state index in [1.165, 1.54) is 51.9 Å². The van der Waals surface area contributed by atoms with Crippen molar-refractivity contribution in [3.63, 3.8) is 0 Å². The summed E-state index contributed by atoms with van der Waals surface area (Å²) >= 11 is 0. The summed E-state index contributed by atoms with van der Waals surface area (Å²) in [6, 6.07) is 3.05. The molecule has 0 spiro atoms. The topological polar surface area (TPSA) is 13.0 Å². The Morgan fingerprint density at radius 3 is 0.967 bits per heavy atom. The number of nitrogens with zero attached hydrogens (tertiary/aromatic N) is 4. The maximum atomic E-state index is 2.87. The Balaban J connectivity index is 1.34. The van der Waals surface area contributed by atoms with Crippen LogP contribution in [-0.2, 0) is 0 Å². The summed E-state index contributed by atoms with van der Waals surface area (Å²) in [5.74, 6) is 0. The second kappa shape index (κ2) is 7.17. The standard InChI is InChI=1S/C26H50N4/c1-23(2,3)27-15-21-13-19(27)17-29(21)25(7,8)11-12-26(9,10)30-18-20-14-22(30)16-28(20)24(4,5)6/h19-22H,11-18H2,1-10H3/t19-,20+,21-,22+. The summed E-state index contributed by atoms with van der Waals surface area (Å²) in [6.07, 6.45) is 5.36. The van der Waals surface area contributed by atoms with Crippen LogP contribution in [0.5, 0.6) is 0 Å². The summed E-state index contributed by atoms with van der Waals surface area (Å²) in [5, 5.41) is 0. The van der Waals surface area contributed by atoms with E-state index in [1.807, 2.05) is 0 Å². The lowest BCUT2D eigenvalue weighted by molar-refractivity contribution is -0.0139. The Morgan fingerprint density at radius 2 is 0.733 bits per heavy atom. The van der Waals surface area contributed by atoms with Gasteiger partial charge >= 0.3 is 0 Å². The van der Waals surface area contributed by atoms with Crippen molar-refractivity contribution in [3.05, 3.63) is 0 Å². The van der Waals surface area contributed by atoms with Crippen LogP contribution < -0.4 is 0 Å². The lowest BCUT2D eigenvalue weighted by Gasteiger charge is -2.50. The van der Waals surface area contributed by atoms with Crippen molar-refractivity contribution in [2.45, 2.75) is 141 Å². The highest BCUT2D eigenvalue weighted by molar-refractivity contribution is 5.09. The number of likely N-dealkylation sites (tertiary alicyclic amines) is 4. The third-order valence-corrected chi connectivity index (χ3v) is 9.11. The van der Waals surface area contributed by atoms with Crippen molar-refractivity contribution in [3.8, 4) is 0 Å². The van der Waals surface area contributed by atoms with E-state index in [1.54, 1.807) is 0 Å². The van der Waals surface area contributed by atoms with Gasteiger partial charge in [-0.3, -0.25) is 19.6 Å². The Labute approximate surface area is 187 Å². The molecule has 0 aromatic heterocycles.